The summed E-state index contributed by atoms with van der Waals surface area (Å²) in [5.41, 5.74) is 14.5. The van der Waals surface area contributed by atoms with E-state index >= 15 is 0 Å². The molecule has 6 rings (SSSR count). The maximum atomic E-state index is 13.7. The van der Waals surface area contributed by atoms with E-state index in [1.54, 1.807) is 4.68 Å². The number of rotatable bonds is 5. The van der Waals surface area contributed by atoms with Gasteiger partial charge in [0, 0.05) is 17.0 Å². The van der Waals surface area contributed by atoms with E-state index in [4.69, 9.17) is 10.8 Å². The van der Waals surface area contributed by atoms with Crippen LogP contribution < -0.4 is 21.7 Å². The minimum atomic E-state index is -0.266. The first-order valence-electron chi connectivity index (χ1n) is 13.1. The fraction of sp³-hybridized carbons (Fsp3) is 0.267. The fourth-order valence-corrected chi connectivity index (χ4v) is 5.69. The molecule has 1 aliphatic heterocycles. The number of nitrogens with one attached hydrogen (secondary N) is 2. The Balaban J connectivity index is 1.56. The summed E-state index contributed by atoms with van der Waals surface area (Å²) in [6.07, 6.45) is 2.18. The van der Waals surface area contributed by atoms with Crippen LogP contribution in [0.25, 0.3) is 28.0 Å². The quantitative estimate of drug-likeness (QED) is 0.378. The summed E-state index contributed by atoms with van der Waals surface area (Å²) in [7, 11) is 0. The van der Waals surface area contributed by atoms with Crippen LogP contribution in [0.5, 0.6) is 0 Å². The van der Waals surface area contributed by atoms with Crippen molar-refractivity contribution in [2.75, 3.05) is 18.8 Å². The third kappa shape index (κ3) is 4.37. The number of piperidine rings is 1. The number of nitrogens with zero attached hydrogens (tertiary/aromatic N) is 4. The van der Waals surface area contributed by atoms with Gasteiger partial charge in [0.1, 0.15) is 5.69 Å². The largest absolute Gasteiger partial charge is 0.411 e. The first kappa shape index (κ1) is 24.1. The van der Waals surface area contributed by atoms with E-state index in [1.807, 2.05) is 62.4 Å². The molecule has 192 valence electrons. The molecule has 0 amide bonds. The molecule has 8 heteroatoms. The molecule has 0 unspecified atom stereocenters. The van der Waals surface area contributed by atoms with Crippen molar-refractivity contribution < 1.29 is 4.98 Å². The number of nitrogens with two attached hydrogens (primary N) is 1. The van der Waals surface area contributed by atoms with E-state index in [2.05, 4.69) is 33.5 Å². The second kappa shape index (κ2) is 9.87. The summed E-state index contributed by atoms with van der Waals surface area (Å²) < 4.78 is 3.03. The predicted octanol–water partition coefficient (Wildman–Crippen LogP) is 3.75. The van der Waals surface area contributed by atoms with Gasteiger partial charge >= 0.3 is 11.6 Å². The maximum absolute atomic E-state index is 13.7. The lowest BCUT2D eigenvalue weighted by atomic mass is 9.87. The van der Waals surface area contributed by atoms with Crippen molar-refractivity contribution in [1.29, 1.82) is 0 Å². The smallest absolute Gasteiger partial charge is 0.317 e. The monoisotopic (exact) mass is 506 g/mol. The number of nitrogen functional groups attached to an aromatic ring is 1. The molecule has 0 aliphatic carbocycles. The Kier molecular flexibility index (Phi) is 6.25. The number of aromatic nitrogens is 5. The van der Waals surface area contributed by atoms with Crippen LogP contribution in [0.15, 0.2) is 71.5 Å². The molecular formula is C30H32N7O+. The number of hydrogen-bond acceptors (Lipinski definition) is 5. The summed E-state index contributed by atoms with van der Waals surface area (Å²) in [5.74, 6) is 0.717. The minimum absolute atomic E-state index is 0.244. The lowest BCUT2D eigenvalue weighted by Crippen LogP contribution is -2.29. The molecule has 2 aromatic carbocycles. The molecule has 5 aromatic rings. The third-order valence-electron chi connectivity index (χ3n) is 7.39. The van der Waals surface area contributed by atoms with Gasteiger partial charge in [-0.05, 0) is 74.5 Å². The Morgan fingerprint density at radius 3 is 2.39 bits per heavy atom. The van der Waals surface area contributed by atoms with Gasteiger partial charge in [-0.1, -0.05) is 54.6 Å². The van der Waals surface area contributed by atoms with Crippen LogP contribution in [-0.2, 0) is 6.54 Å². The van der Waals surface area contributed by atoms with Gasteiger partial charge in [0.2, 0.25) is 5.65 Å². The molecule has 4 heterocycles. The third-order valence-corrected chi connectivity index (χ3v) is 7.39. The molecular weight excluding hydrogens is 474 g/mol. The van der Waals surface area contributed by atoms with Gasteiger partial charge in [-0.3, -0.25) is 10.7 Å². The first-order valence-corrected chi connectivity index (χ1v) is 13.1. The van der Waals surface area contributed by atoms with Gasteiger partial charge in [-0.2, -0.15) is 4.68 Å². The highest BCUT2D eigenvalue weighted by Crippen LogP contribution is 2.33. The maximum Gasteiger partial charge on any atom is 0.411 e. The predicted molar refractivity (Wildman–Crippen MR) is 149 cm³/mol. The lowest BCUT2D eigenvalue weighted by Gasteiger charge is -2.25. The van der Waals surface area contributed by atoms with Crippen LogP contribution in [0.4, 0.5) is 5.95 Å². The van der Waals surface area contributed by atoms with Crippen LogP contribution in [0.1, 0.15) is 41.3 Å². The summed E-state index contributed by atoms with van der Waals surface area (Å²) in [4.78, 5) is 21.6. The second-order valence-corrected chi connectivity index (χ2v) is 10.1. The summed E-state index contributed by atoms with van der Waals surface area (Å²) in [6.45, 7) is 6.35. The van der Waals surface area contributed by atoms with Gasteiger partial charge in [0.25, 0.3) is 0 Å². The number of fused-ring (bicyclic) bond motifs is 1. The molecule has 8 nitrogen and oxygen atoms in total. The average Bonchev–Trinajstić information content (AvgIpc) is 3.25. The van der Waals surface area contributed by atoms with E-state index in [9.17, 15) is 4.79 Å². The highest BCUT2D eigenvalue weighted by molar-refractivity contribution is 5.88. The van der Waals surface area contributed by atoms with Crippen molar-refractivity contribution in [3.8, 4) is 22.4 Å². The zero-order valence-corrected chi connectivity index (χ0v) is 21.7. The Morgan fingerprint density at radius 1 is 0.974 bits per heavy atom. The van der Waals surface area contributed by atoms with Crippen LogP contribution >= 0.6 is 0 Å². The number of aryl methyl sites for hydroxylation is 2. The van der Waals surface area contributed by atoms with E-state index in [-0.39, 0.29) is 11.6 Å². The van der Waals surface area contributed by atoms with Crippen molar-refractivity contribution in [1.82, 2.24) is 24.5 Å². The van der Waals surface area contributed by atoms with Gasteiger partial charge in [-0.25, -0.2) is 9.78 Å². The van der Waals surface area contributed by atoms with Crippen LogP contribution in [-0.4, -0.2) is 32.3 Å². The lowest BCUT2D eigenvalue weighted by molar-refractivity contribution is -0.351. The van der Waals surface area contributed by atoms with Crippen molar-refractivity contribution >= 4 is 11.6 Å². The molecule has 3 aromatic heterocycles. The number of anilines is 1. The number of H-pyrrole nitrogens is 1. The van der Waals surface area contributed by atoms with E-state index < -0.39 is 0 Å². The van der Waals surface area contributed by atoms with E-state index in [0.29, 0.717) is 18.1 Å². The number of pyridine rings is 1. The zero-order valence-electron chi connectivity index (χ0n) is 21.7. The second-order valence-electron chi connectivity index (χ2n) is 10.1. The van der Waals surface area contributed by atoms with Crippen molar-refractivity contribution in [3.05, 3.63) is 99.7 Å². The highest BCUT2D eigenvalue weighted by atomic mass is 16.2. The van der Waals surface area contributed by atoms with Crippen LogP contribution in [0.3, 0.4) is 0 Å². The summed E-state index contributed by atoms with van der Waals surface area (Å²) >= 11 is 0. The Morgan fingerprint density at radius 2 is 1.66 bits per heavy atom. The molecule has 38 heavy (non-hydrogen) atoms. The molecule has 0 bridgehead atoms. The Hall–Kier alpha value is -4.30. The SMILES string of the molecule is Cc1cc(-c2c(-c3ccccc3)[nH+]c(N)n3c(=O)n(Cc4ccccc4C4CCNCC4)nc23)cc(C)n1. The van der Waals surface area contributed by atoms with E-state index in [0.717, 1.165) is 65.3 Å². The van der Waals surface area contributed by atoms with Gasteiger partial charge in [-0.15, -0.1) is 9.50 Å². The molecule has 1 aliphatic rings. The van der Waals surface area contributed by atoms with Gasteiger partial charge in [0.05, 0.1) is 12.1 Å². The minimum Gasteiger partial charge on any atom is -0.317 e. The molecule has 4 N–H and O–H groups in total. The van der Waals surface area contributed by atoms with Gasteiger partial charge < -0.3 is 5.32 Å². The standard InChI is InChI=1S/C30H31N7O/c1-19-16-24(17-20(2)33-19)26-27(22-8-4-3-5-9-22)34-29(31)37-28(26)35-36(30(37)38)18-23-10-6-7-11-25(23)21-12-14-32-15-13-21/h3-11,16-17,21,32H,12-15,18H2,1-2H3,(H2,31,34)/p+1. The van der Waals surface area contributed by atoms with Crippen molar-refractivity contribution in [2.24, 2.45) is 0 Å². The molecule has 0 radical (unpaired) electrons. The summed E-state index contributed by atoms with van der Waals surface area (Å²) in [5, 5.41) is 8.35. The fourth-order valence-electron chi connectivity index (χ4n) is 5.69. The number of benzene rings is 2. The molecule has 1 fully saturated rings. The van der Waals surface area contributed by atoms with Crippen LogP contribution in [0.2, 0.25) is 0 Å². The Bertz CT molecular complexity index is 1660. The topological polar surface area (TPSA) is 104 Å². The number of aromatic amines is 1. The normalized spacial score (nSPS) is 14.3. The van der Waals surface area contributed by atoms with Crippen molar-refractivity contribution in [2.45, 2.75) is 39.2 Å². The van der Waals surface area contributed by atoms with E-state index in [1.165, 1.54) is 9.96 Å². The molecule has 0 spiro atoms. The Labute approximate surface area is 221 Å². The first-order chi connectivity index (χ1) is 18.5. The molecule has 0 saturated carbocycles. The van der Waals surface area contributed by atoms with Crippen molar-refractivity contribution in [3.63, 3.8) is 0 Å². The zero-order chi connectivity index (χ0) is 26.2. The highest BCUT2D eigenvalue weighted by Gasteiger charge is 2.27. The molecule has 0 atom stereocenters. The summed E-state index contributed by atoms with van der Waals surface area (Å²) in [6, 6.07) is 22.5. The van der Waals surface area contributed by atoms with Crippen LogP contribution in [0, 0.1) is 13.8 Å². The average molecular weight is 507 g/mol. The van der Waals surface area contributed by atoms with Gasteiger partial charge in [0.15, 0.2) is 0 Å². The molecule has 1 saturated heterocycles. The number of hydrogen-bond donors (Lipinski definition) is 2.